The summed E-state index contributed by atoms with van der Waals surface area (Å²) in [7, 11) is 0. The fourth-order valence-corrected chi connectivity index (χ4v) is 1.57. The van der Waals surface area contributed by atoms with Crippen LogP contribution in [0.3, 0.4) is 0 Å². The third-order valence-electron chi connectivity index (χ3n) is 1.57. The first kappa shape index (κ1) is 10.3. The number of aromatic nitrogens is 1. The molecular weight excluding hydrogens is 244 g/mol. The van der Waals surface area contributed by atoms with Crippen molar-refractivity contribution in [1.29, 1.82) is 0 Å². The lowest BCUT2D eigenvalue weighted by atomic mass is 10.1. The van der Waals surface area contributed by atoms with Gasteiger partial charge in [0.25, 0.3) is 6.43 Å². The smallest absolute Gasteiger partial charge is 0.264 e. The number of nitrogens with two attached hydrogens (primary N) is 2. The summed E-state index contributed by atoms with van der Waals surface area (Å²) < 4.78 is 25.1. The lowest BCUT2D eigenvalue weighted by molar-refractivity contribution is 0.150. The Balaban J connectivity index is 3.29. The van der Waals surface area contributed by atoms with Crippen LogP contribution in [0.1, 0.15) is 17.6 Å². The second kappa shape index (κ2) is 3.97. The molecule has 6 heteroatoms. The van der Waals surface area contributed by atoms with Gasteiger partial charge < -0.3 is 11.5 Å². The van der Waals surface area contributed by atoms with E-state index in [1.54, 1.807) is 0 Å². The van der Waals surface area contributed by atoms with Crippen molar-refractivity contribution >= 4 is 21.7 Å². The zero-order valence-electron chi connectivity index (χ0n) is 6.60. The standard InChI is InChI=1S/C7H8BrF2N3/c8-6-4(2-11)3(7(9)10)1-5(12)13-6/h1,7H,2,11H2,(H2,12,13). The van der Waals surface area contributed by atoms with Crippen LogP contribution in [-0.2, 0) is 6.54 Å². The average Bonchev–Trinajstić information content (AvgIpc) is 2.02. The van der Waals surface area contributed by atoms with E-state index >= 15 is 0 Å². The number of nitrogen functional groups attached to an aromatic ring is 1. The summed E-state index contributed by atoms with van der Waals surface area (Å²) in [5.41, 5.74) is 10.7. The van der Waals surface area contributed by atoms with Crippen LogP contribution in [0.5, 0.6) is 0 Å². The minimum absolute atomic E-state index is 0.00748. The van der Waals surface area contributed by atoms with Gasteiger partial charge >= 0.3 is 0 Å². The molecule has 0 amide bonds. The van der Waals surface area contributed by atoms with Crippen molar-refractivity contribution in [2.45, 2.75) is 13.0 Å². The molecule has 0 unspecified atom stereocenters. The fraction of sp³-hybridized carbons (Fsp3) is 0.286. The SMILES string of the molecule is NCc1c(C(F)F)cc(N)nc1Br. The van der Waals surface area contributed by atoms with Crippen LogP contribution in [0.4, 0.5) is 14.6 Å². The minimum atomic E-state index is -2.58. The molecule has 0 aromatic carbocycles. The highest BCUT2D eigenvalue weighted by Gasteiger charge is 2.16. The van der Waals surface area contributed by atoms with Crippen LogP contribution >= 0.6 is 15.9 Å². The van der Waals surface area contributed by atoms with Gasteiger partial charge in [0.15, 0.2) is 0 Å². The molecule has 0 aliphatic heterocycles. The molecule has 0 aliphatic rings. The predicted octanol–water partition coefficient (Wildman–Crippen LogP) is 1.82. The number of pyridine rings is 1. The molecule has 0 radical (unpaired) electrons. The quantitative estimate of drug-likeness (QED) is 0.789. The summed E-state index contributed by atoms with van der Waals surface area (Å²) in [6.45, 7) is 0.00748. The first-order valence-electron chi connectivity index (χ1n) is 3.49. The maximum absolute atomic E-state index is 12.4. The Kier molecular flexibility index (Phi) is 3.16. The van der Waals surface area contributed by atoms with E-state index in [4.69, 9.17) is 11.5 Å². The summed E-state index contributed by atoms with van der Waals surface area (Å²) in [5, 5.41) is 0. The molecule has 13 heavy (non-hydrogen) atoms. The van der Waals surface area contributed by atoms with E-state index in [1.807, 2.05) is 0 Å². The van der Waals surface area contributed by atoms with Crippen LogP contribution in [-0.4, -0.2) is 4.98 Å². The third-order valence-corrected chi connectivity index (χ3v) is 2.22. The Labute approximate surface area is 82.3 Å². The van der Waals surface area contributed by atoms with Gasteiger partial charge in [-0.3, -0.25) is 0 Å². The minimum Gasteiger partial charge on any atom is -0.384 e. The molecular formula is C7H8BrF2N3. The van der Waals surface area contributed by atoms with Gasteiger partial charge in [0.05, 0.1) is 0 Å². The Bertz CT molecular complexity index is 317. The molecule has 0 spiro atoms. The molecule has 0 aliphatic carbocycles. The first-order chi connectivity index (χ1) is 6.06. The molecule has 0 atom stereocenters. The number of nitrogens with zero attached hydrogens (tertiary/aromatic N) is 1. The van der Waals surface area contributed by atoms with Gasteiger partial charge in [-0.25, -0.2) is 13.8 Å². The van der Waals surface area contributed by atoms with Gasteiger partial charge in [0.1, 0.15) is 10.4 Å². The maximum Gasteiger partial charge on any atom is 0.264 e. The summed E-state index contributed by atoms with van der Waals surface area (Å²) in [6, 6.07) is 1.14. The van der Waals surface area contributed by atoms with Gasteiger partial charge in [-0.15, -0.1) is 0 Å². The second-order valence-corrected chi connectivity index (χ2v) is 3.16. The average molecular weight is 252 g/mol. The van der Waals surface area contributed by atoms with Gasteiger partial charge in [0, 0.05) is 17.7 Å². The monoisotopic (exact) mass is 251 g/mol. The zero-order valence-corrected chi connectivity index (χ0v) is 8.18. The molecule has 72 valence electrons. The molecule has 0 saturated carbocycles. The van der Waals surface area contributed by atoms with Crippen molar-refractivity contribution in [2.75, 3.05) is 5.73 Å². The Morgan fingerprint density at radius 3 is 2.62 bits per heavy atom. The van der Waals surface area contributed by atoms with Crippen LogP contribution in [0.25, 0.3) is 0 Å². The van der Waals surface area contributed by atoms with Crippen LogP contribution in [0.15, 0.2) is 10.7 Å². The van der Waals surface area contributed by atoms with Crippen molar-refractivity contribution in [3.63, 3.8) is 0 Å². The number of rotatable bonds is 2. The molecule has 1 aromatic heterocycles. The normalized spacial score (nSPS) is 10.8. The fourth-order valence-electron chi connectivity index (χ4n) is 0.975. The van der Waals surface area contributed by atoms with Crippen LogP contribution < -0.4 is 11.5 Å². The number of halogens is 3. The number of anilines is 1. The summed E-state index contributed by atoms with van der Waals surface area (Å²) in [4.78, 5) is 3.77. The van der Waals surface area contributed by atoms with Gasteiger partial charge in [0.2, 0.25) is 0 Å². The molecule has 1 heterocycles. The molecule has 3 nitrogen and oxygen atoms in total. The molecule has 0 fully saturated rings. The Hall–Kier alpha value is -0.750. The van der Waals surface area contributed by atoms with E-state index in [1.165, 1.54) is 0 Å². The Morgan fingerprint density at radius 1 is 1.54 bits per heavy atom. The highest BCUT2D eigenvalue weighted by atomic mass is 79.9. The first-order valence-corrected chi connectivity index (χ1v) is 4.28. The van der Waals surface area contributed by atoms with E-state index in [-0.39, 0.29) is 22.5 Å². The third kappa shape index (κ3) is 2.13. The van der Waals surface area contributed by atoms with Gasteiger partial charge in [-0.2, -0.15) is 0 Å². The van der Waals surface area contributed by atoms with Crippen molar-refractivity contribution < 1.29 is 8.78 Å². The topological polar surface area (TPSA) is 64.9 Å². The lowest BCUT2D eigenvalue weighted by Gasteiger charge is -2.09. The number of hydrogen-bond acceptors (Lipinski definition) is 3. The predicted molar refractivity (Wildman–Crippen MR) is 49.2 cm³/mol. The largest absolute Gasteiger partial charge is 0.384 e. The second-order valence-electron chi connectivity index (χ2n) is 2.41. The van der Waals surface area contributed by atoms with E-state index in [0.29, 0.717) is 5.56 Å². The zero-order chi connectivity index (χ0) is 10.0. The van der Waals surface area contributed by atoms with Crippen molar-refractivity contribution in [3.8, 4) is 0 Å². The van der Waals surface area contributed by atoms with E-state index in [2.05, 4.69) is 20.9 Å². The lowest BCUT2D eigenvalue weighted by Crippen LogP contribution is -2.06. The molecule has 0 bridgehead atoms. The molecule has 1 rings (SSSR count). The van der Waals surface area contributed by atoms with E-state index in [0.717, 1.165) is 6.07 Å². The number of alkyl halides is 2. The summed E-state index contributed by atoms with van der Waals surface area (Å²) >= 11 is 3.02. The highest BCUT2D eigenvalue weighted by molar-refractivity contribution is 9.10. The Morgan fingerprint density at radius 2 is 2.15 bits per heavy atom. The maximum atomic E-state index is 12.4. The van der Waals surface area contributed by atoms with Crippen LogP contribution in [0.2, 0.25) is 0 Å². The highest BCUT2D eigenvalue weighted by Crippen LogP contribution is 2.28. The summed E-state index contributed by atoms with van der Waals surface area (Å²) in [6.07, 6.45) is -2.58. The van der Waals surface area contributed by atoms with E-state index < -0.39 is 6.43 Å². The van der Waals surface area contributed by atoms with Crippen molar-refractivity contribution in [1.82, 2.24) is 4.98 Å². The van der Waals surface area contributed by atoms with E-state index in [9.17, 15) is 8.78 Å². The van der Waals surface area contributed by atoms with Crippen LogP contribution in [0, 0.1) is 0 Å². The van der Waals surface area contributed by atoms with Crippen molar-refractivity contribution in [2.24, 2.45) is 5.73 Å². The number of hydrogen-bond donors (Lipinski definition) is 2. The molecule has 1 aromatic rings. The van der Waals surface area contributed by atoms with Crippen molar-refractivity contribution in [3.05, 3.63) is 21.8 Å². The molecule has 4 N–H and O–H groups in total. The summed E-state index contributed by atoms with van der Waals surface area (Å²) in [5.74, 6) is 0.0550. The van der Waals surface area contributed by atoms with Gasteiger partial charge in [-0.05, 0) is 22.0 Å². The molecule has 0 saturated heterocycles. The van der Waals surface area contributed by atoms with Gasteiger partial charge in [-0.1, -0.05) is 0 Å².